The van der Waals surface area contributed by atoms with E-state index in [1.165, 1.54) is 10.7 Å². The molecule has 0 aliphatic heterocycles. The lowest BCUT2D eigenvalue weighted by molar-refractivity contribution is 0.952. The van der Waals surface area contributed by atoms with Crippen LogP contribution in [-0.2, 0) is 0 Å². The van der Waals surface area contributed by atoms with Crippen molar-refractivity contribution in [3.8, 4) is 0 Å². The van der Waals surface area contributed by atoms with E-state index >= 15 is 0 Å². The van der Waals surface area contributed by atoms with Gasteiger partial charge < -0.3 is 5.73 Å². The molecule has 0 aromatic carbocycles. The van der Waals surface area contributed by atoms with E-state index in [9.17, 15) is 0 Å². The van der Waals surface area contributed by atoms with Gasteiger partial charge in [-0.15, -0.1) is 5.10 Å². The average molecular weight is 170 g/mol. The molecule has 5 nitrogen and oxygen atoms in total. The fraction of sp³-hybridized carbons (Fsp3) is 0. The predicted octanol–water partition coefficient (Wildman–Crippen LogP) is 0.360. The van der Waals surface area contributed by atoms with Crippen molar-refractivity contribution in [2.24, 2.45) is 0 Å². The molecular formula is C5H4ClN5. The molecule has 0 bridgehead atoms. The Morgan fingerprint density at radius 1 is 1.55 bits per heavy atom. The Kier molecular flexibility index (Phi) is 1.19. The monoisotopic (exact) mass is 169 g/mol. The Balaban J connectivity index is 2.82. The van der Waals surface area contributed by atoms with Crippen LogP contribution in [0, 0.1) is 0 Å². The summed E-state index contributed by atoms with van der Waals surface area (Å²) in [6.07, 6.45) is 3.05. The van der Waals surface area contributed by atoms with E-state index in [-0.39, 0.29) is 5.95 Å². The minimum absolute atomic E-state index is 0.217. The molecule has 0 spiro atoms. The minimum Gasteiger partial charge on any atom is -0.366 e. The number of rotatable bonds is 0. The number of hydrogen-bond acceptors (Lipinski definition) is 4. The highest BCUT2D eigenvalue weighted by Crippen LogP contribution is 2.05. The highest BCUT2D eigenvalue weighted by molar-refractivity contribution is 6.29. The summed E-state index contributed by atoms with van der Waals surface area (Å²) in [6, 6.07) is 0. The number of nitrogens with zero attached hydrogens (tertiary/aromatic N) is 4. The third kappa shape index (κ3) is 0.988. The van der Waals surface area contributed by atoms with Gasteiger partial charge in [0.2, 0.25) is 5.95 Å². The maximum atomic E-state index is 5.59. The van der Waals surface area contributed by atoms with E-state index in [4.69, 9.17) is 17.3 Å². The molecule has 2 heterocycles. The zero-order valence-electron chi connectivity index (χ0n) is 5.40. The zero-order chi connectivity index (χ0) is 7.84. The minimum atomic E-state index is 0.217. The van der Waals surface area contributed by atoms with E-state index < -0.39 is 0 Å². The molecule has 0 aliphatic carbocycles. The fourth-order valence-electron chi connectivity index (χ4n) is 0.789. The van der Waals surface area contributed by atoms with Crippen LogP contribution in [0.2, 0.25) is 5.15 Å². The molecule has 0 saturated carbocycles. The van der Waals surface area contributed by atoms with E-state index in [1.54, 1.807) is 6.20 Å². The van der Waals surface area contributed by atoms with Crippen LogP contribution in [0.1, 0.15) is 0 Å². The third-order valence-electron chi connectivity index (χ3n) is 1.21. The molecule has 2 N–H and O–H groups in total. The summed E-state index contributed by atoms with van der Waals surface area (Å²) in [5, 5.41) is 4.20. The lowest BCUT2D eigenvalue weighted by Crippen LogP contribution is -1.89. The van der Waals surface area contributed by atoms with Crippen LogP contribution in [0.4, 0.5) is 5.95 Å². The van der Waals surface area contributed by atoms with Crippen LogP contribution in [0.15, 0.2) is 12.4 Å². The van der Waals surface area contributed by atoms with Crippen LogP contribution >= 0.6 is 11.6 Å². The summed E-state index contributed by atoms with van der Waals surface area (Å²) in [5.41, 5.74) is 5.92. The molecule has 2 rings (SSSR count). The van der Waals surface area contributed by atoms with Crippen molar-refractivity contribution in [2.45, 2.75) is 0 Å². The molecule has 56 valence electrons. The maximum absolute atomic E-state index is 5.59. The van der Waals surface area contributed by atoms with Crippen molar-refractivity contribution >= 4 is 23.2 Å². The van der Waals surface area contributed by atoms with Gasteiger partial charge in [0.05, 0.1) is 12.4 Å². The normalized spacial score (nSPS) is 10.6. The van der Waals surface area contributed by atoms with Gasteiger partial charge in [0.25, 0.3) is 0 Å². The SMILES string of the molecule is Nc1nc2cnc(Cl)cn2n1. The number of nitrogen functional groups attached to an aromatic ring is 1. The van der Waals surface area contributed by atoms with Crippen LogP contribution in [0.5, 0.6) is 0 Å². The third-order valence-corrected chi connectivity index (χ3v) is 1.40. The van der Waals surface area contributed by atoms with Gasteiger partial charge in [-0.2, -0.15) is 4.98 Å². The number of nitrogens with two attached hydrogens (primary N) is 1. The molecule has 0 radical (unpaired) electrons. The second kappa shape index (κ2) is 2.06. The summed E-state index contributed by atoms with van der Waals surface area (Å²) >= 11 is 5.59. The number of halogens is 1. The molecule has 0 saturated heterocycles. The maximum Gasteiger partial charge on any atom is 0.240 e. The van der Waals surface area contributed by atoms with Crippen molar-refractivity contribution in [3.63, 3.8) is 0 Å². The number of fused-ring (bicyclic) bond motifs is 1. The Bertz CT molecular complexity index is 395. The van der Waals surface area contributed by atoms with Crippen molar-refractivity contribution in [1.82, 2.24) is 19.6 Å². The Labute approximate surface area is 66.8 Å². The molecule has 11 heavy (non-hydrogen) atoms. The zero-order valence-corrected chi connectivity index (χ0v) is 6.15. The van der Waals surface area contributed by atoms with E-state index in [1.807, 2.05) is 0 Å². The van der Waals surface area contributed by atoms with E-state index in [0.717, 1.165) is 0 Å². The molecular weight excluding hydrogens is 166 g/mol. The first-order chi connectivity index (χ1) is 5.25. The summed E-state index contributed by atoms with van der Waals surface area (Å²) < 4.78 is 1.48. The summed E-state index contributed by atoms with van der Waals surface area (Å²) in [6.45, 7) is 0. The van der Waals surface area contributed by atoms with Crippen molar-refractivity contribution in [3.05, 3.63) is 17.5 Å². The lowest BCUT2D eigenvalue weighted by atomic mass is 10.7. The van der Waals surface area contributed by atoms with Gasteiger partial charge >= 0.3 is 0 Å². The molecule has 0 amide bonds. The standard InChI is InChI=1S/C5H4ClN5/c6-3-2-11-4(1-8-3)9-5(7)10-11/h1-2H,(H2,7,10). The van der Waals surface area contributed by atoms with Gasteiger partial charge in [-0.3, -0.25) is 0 Å². The average Bonchev–Trinajstić information content (AvgIpc) is 2.27. The van der Waals surface area contributed by atoms with Crippen LogP contribution < -0.4 is 5.73 Å². The lowest BCUT2D eigenvalue weighted by Gasteiger charge is -1.88. The van der Waals surface area contributed by atoms with Crippen molar-refractivity contribution in [1.29, 1.82) is 0 Å². The van der Waals surface area contributed by atoms with E-state index in [2.05, 4.69) is 15.1 Å². The van der Waals surface area contributed by atoms with Gasteiger partial charge in [-0.05, 0) is 0 Å². The summed E-state index contributed by atoms with van der Waals surface area (Å²) in [5.74, 6) is 0.217. The highest BCUT2D eigenvalue weighted by Gasteiger charge is 1.99. The van der Waals surface area contributed by atoms with Gasteiger partial charge in [0, 0.05) is 0 Å². The smallest absolute Gasteiger partial charge is 0.240 e. The molecule has 6 heteroatoms. The fourth-order valence-corrected chi connectivity index (χ4v) is 0.930. The Morgan fingerprint density at radius 2 is 2.36 bits per heavy atom. The molecule has 0 atom stereocenters. The van der Waals surface area contributed by atoms with Crippen LogP contribution in [0.3, 0.4) is 0 Å². The predicted molar refractivity (Wildman–Crippen MR) is 40.2 cm³/mol. The summed E-state index contributed by atoms with van der Waals surface area (Å²) in [4.78, 5) is 7.67. The van der Waals surface area contributed by atoms with Gasteiger partial charge in [-0.25, -0.2) is 9.50 Å². The van der Waals surface area contributed by atoms with Gasteiger partial charge in [0.1, 0.15) is 5.15 Å². The quantitative estimate of drug-likeness (QED) is 0.618. The van der Waals surface area contributed by atoms with Crippen molar-refractivity contribution in [2.75, 3.05) is 5.73 Å². The number of anilines is 1. The van der Waals surface area contributed by atoms with E-state index in [0.29, 0.717) is 10.8 Å². The second-order valence-corrected chi connectivity index (χ2v) is 2.37. The van der Waals surface area contributed by atoms with Gasteiger partial charge in [0.15, 0.2) is 5.65 Å². The molecule has 0 aliphatic rings. The van der Waals surface area contributed by atoms with Crippen LogP contribution in [0.25, 0.3) is 5.65 Å². The molecule has 2 aromatic heterocycles. The molecule has 0 fully saturated rings. The van der Waals surface area contributed by atoms with Crippen LogP contribution in [-0.4, -0.2) is 19.6 Å². The topological polar surface area (TPSA) is 69.1 Å². The van der Waals surface area contributed by atoms with Gasteiger partial charge in [-0.1, -0.05) is 11.6 Å². The number of hydrogen-bond donors (Lipinski definition) is 1. The molecule has 0 unspecified atom stereocenters. The first kappa shape index (κ1) is 6.36. The highest BCUT2D eigenvalue weighted by atomic mass is 35.5. The molecule has 2 aromatic rings. The second-order valence-electron chi connectivity index (χ2n) is 1.98. The first-order valence-corrected chi connectivity index (χ1v) is 3.27. The number of aromatic nitrogens is 4. The largest absolute Gasteiger partial charge is 0.366 e. The summed E-state index contributed by atoms with van der Waals surface area (Å²) in [7, 11) is 0. The Morgan fingerprint density at radius 3 is 3.18 bits per heavy atom. The van der Waals surface area contributed by atoms with Crippen molar-refractivity contribution < 1.29 is 0 Å². The first-order valence-electron chi connectivity index (χ1n) is 2.89. The Hall–Kier alpha value is -1.36.